The van der Waals surface area contributed by atoms with Gasteiger partial charge < -0.3 is 9.47 Å². The molecule has 2 nitrogen and oxygen atoms in total. The first kappa shape index (κ1) is 4.77. The second-order valence-electron chi connectivity index (χ2n) is 3.04. The first-order valence-corrected chi connectivity index (χ1v) is 2.94. The number of rotatable bonds is 1. The molecule has 2 heterocycles. The van der Waals surface area contributed by atoms with Crippen LogP contribution in [0.4, 0.5) is 0 Å². The molecule has 0 aromatic carbocycles. The molecule has 0 N–H and O–H groups in total. The van der Waals surface area contributed by atoms with Crippen LogP contribution in [-0.2, 0) is 9.47 Å². The molecule has 0 spiro atoms. The molecule has 2 aliphatic rings. The van der Waals surface area contributed by atoms with Crippen LogP contribution >= 0.6 is 0 Å². The number of ether oxygens (including phenoxy) is 2. The summed E-state index contributed by atoms with van der Waals surface area (Å²) in [4.78, 5) is 0. The van der Waals surface area contributed by atoms with E-state index in [1.807, 2.05) is 0 Å². The zero-order valence-corrected chi connectivity index (χ0v) is 5.23. The van der Waals surface area contributed by atoms with Crippen LogP contribution in [0.25, 0.3) is 0 Å². The van der Waals surface area contributed by atoms with Crippen LogP contribution in [-0.4, -0.2) is 24.4 Å². The first-order chi connectivity index (χ1) is 3.66. The molecule has 0 aromatic heterocycles. The van der Waals surface area contributed by atoms with Gasteiger partial charge in [0.15, 0.2) is 0 Å². The highest BCUT2D eigenvalue weighted by Crippen LogP contribution is 2.47. The van der Waals surface area contributed by atoms with Crippen LogP contribution in [0.5, 0.6) is 0 Å². The molecule has 2 saturated heterocycles. The summed E-state index contributed by atoms with van der Waals surface area (Å²) in [5.74, 6) is 0. The van der Waals surface area contributed by atoms with Crippen LogP contribution in [0, 0.1) is 0 Å². The SMILES string of the molecule is CC1([C@@]2(C)CO2)CO1. The summed E-state index contributed by atoms with van der Waals surface area (Å²) >= 11 is 0. The Morgan fingerprint density at radius 1 is 1.00 bits per heavy atom. The monoisotopic (exact) mass is 114 g/mol. The van der Waals surface area contributed by atoms with E-state index >= 15 is 0 Å². The summed E-state index contributed by atoms with van der Waals surface area (Å²) in [6, 6.07) is 0. The van der Waals surface area contributed by atoms with Gasteiger partial charge in [-0.3, -0.25) is 0 Å². The van der Waals surface area contributed by atoms with E-state index in [1.54, 1.807) is 0 Å². The number of epoxide rings is 2. The van der Waals surface area contributed by atoms with Crippen LogP contribution in [0.2, 0.25) is 0 Å². The van der Waals surface area contributed by atoms with Crippen molar-refractivity contribution < 1.29 is 9.47 Å². The lowest BCUT2D eigenvalue weighted by Gasteiger charge is -2.07. The van der Waals surface area contributed by atoms with Gasteiger partial charge in [0, 0.05) is 0 Å². The Hall–Kier alpha value is -0.0800. The third-order valence-electron chi connectivity index (χ3n) is 2.27. The molecule has 0 aromatic rings. The largest absolute Gasteiger partial charge is 0.367 e. The Bertz CT molecular complexity index is 106. The molecule has 8 heavy (non-hydrogen) atoms. The fraction of sp³-hybridized carbons (Fsp3) is 1.00. The Labute approximate surface area is 48.8 Å². The normalized spacial score (nSPS) is 60.8. The molecule has 0 aliphatic carbocycles. The lowest BCUT2D eigenvalue weighted by molar-refractivity contribution is 0.184. The average Bonchev–Trinajstić information content (AvgIpc) is 2.46. The highest BCUT2D eigenvalue weighted by atomic mass is 16.7. The number of hydrogen-bond donors (Lipinski definition) is 0. The van der Waals surface area contributed by atoms with E-state index in [2.05, 4.69) is 13.8 Å². The summed E-state index contributed by atoms with van der Waals surface area (Å²) in [6.07, 6.45) is 0. The maximum Gasteiger partial charge on any atom is 0.120 e. The molecule has 1 unspecified atom stereocenters. The van der Waals surface area contributed by atoms with Crippen LogP contribution in [0.15, 0.2) is 0 Å². The van der Waals surface area contributed by atoms with Gasteiger partial charge in [0.05, 0.1) is 13.2 Å². The van der Waals surface area contributed by atoms with E-state index in [9.17, 15) is 0 Å². The lowest BCUT2D eigenvalue weighted by atomic mass is 9.98. The zero-order chi connectivity index (χ0) is 5.83. The van der Waals surface area contributed by atoms with E-state index in [0.717, 1.165) is 13.2 Å². The standard InChI is InChI=1S/C6H10O2/c1-5(3-7-5)6(2)4-8-6/h3-4H2,1-2H3/t5-,6?/m1/s1. The maximum absolute atomic E-state index is 5.20. The zero-order valence-electron chi connectivity index (χ0n) is 5.23. The van der Waals surface area contributed by atoms with E-state index in [-0.39, 0.29) is 11.2 Å². The van der Waals surface area contributed by atoms with E-state index in [1.165, 1.54) is 0 Å². The van der Waals surface area contributed by atoms with Gasteiger partial charge in [-0.15, -0.1) is 0 Å². The highest BCUT2D eigenvalue weighted by molar-refractivity contribution is 5.11. The average molecular weight is 114 g/mol. The molecular formula is C6H10O2. The van der Waals surface area contributed by atoms with Crippen molar-refractivity contribution in [2.45, 2.75) is 25.0 Å². The minimum absolute atomic E-state index is 0.0764. The van der Waals surface area contributed by atoms with E-state index in [0.29, 0.717) is 0 Å². The third kappa shape index (κ3) is 0.400. The quantitative estimate of drug-likeness (QED) is 0.465. The molecule has 2 atom stereocenters. The van der Waals surface area contributed by atoms with Gasteiger partial charge in [-0.1, -0.05) is 0 Å². The molecule has 0 saturated carbocycles. The molecule has 2 rings (SSSR count). The minimum atomic E-state index is 0.0764. The van der Waals surface area contributed by atoms with E-state index < -0.39 is 0 Å². The van der Waals surface area contributed by atoms with E-state index in [4.69, 9.17) is 9.47 Å². The van der Waals surface area contributed by atoms with Gasteiger partial charge in [0.25, 0.3) is 0 Å². The van der Waals surface area contributed by atoms with Gasteiger partial charge in [0.1, 0.15) is 11.2 Å². The topological polar surface area (TPSA) is 25.1 Å². The Balaban J connectivity index is 2.15. The summed E-state index contributed by atoms with van der Waals surface area (Å²) in [5.41, 5.74) is 0.153. The van der Waals surface area contributed by atoms with Crippen molar-refractivity contribution in [2.75, 3.05) is 13.2 Å². The maximum atomic E-state index is 5.20. The van der Waals surface area contributed by atoms with Gasteiger partial charge >= 0.3 is 0 Å². The smallest absolute Gasteiger partial charge is 0.120 e. The first-order valence-electron chi connectivity index (χ1n) is 2.94. The third-order valence-corrected chi connectivity index (χ3v) is 2.27. The number of hydrogen-bond acceptors (Lipinski definition) is 2. The lowest BCUT2D eigenvalue weighted by Crippen LogP contribution is -2.26. The van der Waals surface area contributed by atoms with Crippen molar-refractivity contribution in [1.82, 2.24) is 0 Å². The van der Waals surface area contributed by atoms with Gasteiger partial charge in [-0.2, -0.15) is 0 Å². The molecule has 0 bridgehead atoms. The van der Waals surface area contributed by atoms with Crippen molar-refractivity contribution in [1.29, 1.82) is 0 Å². The van der Waals surface area contributed by atoms with Crippen molar-refractivity contribution in [2.24, 2.45) is 0 Å². The van der Waals surface area contributed by atoms with Crippen molar-refractivity contribution in [3.05, 3.63) is 0 Å². The van der Waals surface area contributed by atoms with Crippen LogP contribution in [0.3, 0.4) is 0 Å². The Kier molecular flexibility index (Phi) is 0.570. The minimum Gasteiger partial charge on any atom is -0.367 e. The van der Waals surface area contributed by atoms with Gasteiger partial charge in [0.2, 0.25) is 0 Å². The van der Waals surface area contributed by atoms with Crippen LogP contribution in [0.1, 0.15) is 13.8 Å². The van der Waals surface area contributed by atoms with Crippen molar-refractivity contribution in [3.8, 4) is 0 Å². The Morgan fingerprint density at radius 2 is 1.25 bits per heavy atom. The molecule has 0 radical (unpaired) electrons. The summed E-state index contributed by atoms with van der Waals surface area (Å²) in [7, 11) is 0. The van der Waals surface area contributed by atoms with Crippen LogP contribution < -0.4 is 0 Å². The predicted molar refractivity (Wildman–Crippen MR) is 28.7 cm³/mol. The highest BCUT2D eigenvalue weighted by Gasteiger charge is 2.63. The van der Waals surface area contributed by atoms with Crippen molar-refractivity contribution >= 4 is 0 Å². The summed E-state index contributed by atoms with van der Waals surface area (Å²) in [6.45, 7) is 5.95. The van der Waals surface area contributed by atoms with Crippen molar-refractivity contribution in [3.63, 3.8) is 0 Å². The molecule has 2 heteroatoms. The van der Waals surface area contributed by atoms with Gasteiger partial charge in [-0.05, 0) is 13.8 Å². The molecular weight excluding hydrogens is 104 g/mol. The fourth-order valence-corrected chi connectivity index (χ4v) is 0.827. The second-order valence-corrected chi connectivity index (χ2v) is 3.04. The molecule has 2 fully saturated rings. The molecule has 0 amide bonds. The second kappa shape index (κ2) is 0.957. The Morgan fingerprint density at radius 3 is 1.38 bits per heavy atom. The van der Waals surface area contributed by atoms with Gasteiger partial charge in [-0.25, -0.2) is 0 Å². The summed E-state index contributed by atoms with van der Waals surface area (Å²) < 4.78 is 10.4. The predicted octanol–water partition coefficient (Wildman–Crippen LogP) is 0.564. The summed E-state index contributed by atoms with van der Waals surface area (Å²) in [5, 5.41) is 0. The fourth-order valence-electron chi connectivity index (χ4n) is 0.827. The molecule has 2 aliphatic heterocycles. The molecule has 46 valence electrons.